The second-order valence-electron chi connectivity index (χ2n) is 6.28. The topological polar surface area (TPSA) is 78.8 Å². The largest absolute Gasteiger partial charge is 0.306 e. The molecule has 0 aliphatic carbocycles. The summed E-state index contributed by atoms with van der Waals surface area (Å²) in [5.41, 5.74) is 0.435. The van der Waals surface area contributed by atoms with Crippen LogP contribution in [0.4, 0.5) is 5.69 Å². The molecular weight excluding hydrogens is 306 g/mol. The van der Waals surface area contributed by atoms with Crippen molar-refractivity contribution in [2.75, 3.05) is 44.4 Å². The van der Waals surface area contributed by atoms with Crippen molar-refractivity contribution in [3.05, 3.63) is 12.4 Å². The Balaban J connectivity index is 1.88. The van der Waals surface area contributed by atoms with Crippen molar-refractivity contribution in [1.82, 2.24) is 19.0 Å². The molecule has 0 bridgehead atoms. The van der Waals surface area contributed by atoms with Gasteiger partial charge in [0, 0.05) is 32.9 Å². The lowest BCUT2D eigenvalue weighted by molar-refractivity contribution is -0.123. The van der Waals surface area contributed by atoms with Crippen molar-refractivity contribution < 1.29 is 13.2 Å². The number of amides is 1. The summed E-state index contributed by atoms with van der Waals surface area (Å²) in [4.78, 5) is 16.1. The van der Waals surface area contributed by atoms with Crippen LogP contribution in [0, 0.1) is 0 Å². The highest BCUT2D eigenvalue weighted by molar-refractivity contribution is 7.88. The fourth-order valence-corrected chi connectivity index (χ4v) is 4.18. The predicted octanol–water partition coefficient (Wildman–Crippen LogP) is -0.897. The Morgan fingerprint density at radius 1 is 1.27 bits per heavy atom. The lowest BCUT2D eigenvalue weighted by atomic mass is 9.93. The van der Waals surface area contributed by atoms with Crippen LogP contribution in [-0.2, 0) is 21.9 Å². The molecule has 3 heterocycles. The van der Waals surface area contributed by atoms with Crippen LogP contribution in [0.2, 0.25) is 0 Å². The third-order valence-corrected chi connectivity index (χ3v) is 5.95. The van der Waals surface area contributed by atoms with Gasteiger partial charge in [-0.2, -0.15) is 5.10 Å². The molecule has 0 N–H and O–H groups in total. The summed E-state index contributed by atoms with van der Waals surface area (Å²) in [5.74, 6) is 0.0129. The minimum Gasteiger partial charge on any atom is -0.306 e. The van der Waals surface area contributed by atoms with Crippen LogP contribution < -0.4 is 4.90 Å². The maximum absolute atomic E-state index is 12.3. The second kappa shape index (κ2) is 5.04. The summed E-state index contributed by atoms with van der Waals surface area (Å²) in [5, 5.41) is 4.12. The molecule has 1 atom stereocenters. The van der Waals surface area contributed by atoms with Crippen molar-refractivity contribution in [2.24, 2.45) is 7.05 Å². The van der Waals surface area contributed by atoms with E-state index in [0.717, 1.165) is 12.1 Å². The molecule has 9 heteroatoms. The van der Waals surface area contributed by atoms with Gasteiger partial charge in [-0.25, -0.2) is 12.7 Å². The molecule has 1 aromatic rings. The Hall–Kier alpha value is -1.45. The molecule has 2 aliphatic heterocycles. The van der Waals surface area contributed by atoms with Crippen LogP contribution in [-0.4, -0.2) is 78.3 Å². The summed E-state index contributed by atoms with van der Waals surface area (Å²) in [7, 11) is 0.493. The van der Waals surface area contributed by atoms with Gasteiger partial charge in [-0.05, 0) is 13.5 Å². The molecule has 8 nitrogen and oxygen atoms in total. The lowest BCUT2D eigenvalue weighted by Gasteiger charge is -2.46. The Morgan fingerprint density at radius 2 is 2.00 bits per heavy atom. The smallest absolute Gasteiger partial charge is 0.241 e. The van der Waals surface area contributed by atoms with E-state index in [4.69, 9.17) is 0 Å². The summed E-state index contributed by atoms with van der Waals surface area (Å²) in [6.07, 6.45) is 5.43. The molecule has 2 fully saturated rings. The third kappa shape index (κ3) is 2.53. The number of aryl methyl sites for hydroxylation is 1. The molecule has 22 heavy (non-hydrogen) atoms. The van der Waals surface area contributed by atoms with Gasteiger partial charge in [-0.1, -0.05) is 0 Å². The molecule has 0 unspecified atom stereocenters. The molecule has 1 spiro atoms. The van der Waals surface area contributed by atoms with Gasteiger partial charge in [0.25, 0.3) is 0 Å². The summed E-state index contributed by atoms with van der Waals surface area (Å²) in [6, 6.07) is 0. The molecule has 122 valence electrons. The van der Waals surface area contributed by atoms with E-state index in [1.165, 1.54) is 10.6 Å². The zero-order valence-electron chi connectivity index (χ0n) is 13.1. The molecule has 2 aliphatic rings. The molecule has 3 rings (SSSR count). The van der Waals surface area contributed by atoms with Gasteiger partial charge in [0.2, 0.25) is 15.9 Å². The number of piperazine rings is 1. The number of hydrogen-bond donors (Lipinski definition) is 0. The number of carbonyl (C=O) groups excluding carboxylic acids is 1. The second-order valence-corrected chi connectivity index (χ2v) is 8.26. The van der Waals surface area contributed by atoms with Gasteiger partial charge < -0.3 is 4.90 Å². The molecule has 1 amide bonds. The van der Waals surface area contributed by atoms with Crippen molar-refractivity contribution in [2.45, 2.75) is 12.0 Å². The normalized spacial score (nSPS) is 28.0. The third-order valence-electron chi connectivity index (χ3n) is 4.70. The fourth-order valence-electron chi connectivity index (χ4n) is 3.29. The van der Waals surface area contributed by atoms with E-state index in [1.54, 1.807) is 29.0 Å². The van der Waals surface area contributed by atoms with Crippen LogP contribution in [0.5, 0.6) is 0 Å². The Kier molecular flexibility index (Phi) is 3.54. The number of sulfonamides is 1. The van der Waals surface area contributed by atoms with Crippen molar-refractivity contribution in [3.63, 3.8) is 0 Å². The van der Waals surface area contributed by atoms with E-state index >= 15 is 0 Å². The summed E-state index contributed by atoms with van der Waals surface area (Å²) in [6.45, 7) is 1.69. The van der Waals surface area contributed by atoms with Gasteiger partial charge in [-0.15, -0.1) is 0 Å². The SMILES string of the molecule is CN1CC(=O)N(c2cnn(C)c2)C[C@@]12CCN(S(C)(=O)=O)C2. The quantitative estimate of drug-likeness (QED) is 0.704. The number of nitrogens with zero attached hydrogens (tertiary/aromatic N) is 5. The first kappa shape index (κ1) is 15.4. The highest BCUT2D eigenvalue weighted by Gasteiger charge is 2.49. The number of rotatable bonds is 2. The van der Waals surface area contributed by atoms with Crippen LogP contribution in [0.3, 0.4) is 0 Å². The standard InChI is InChI=1S/C13H21N5O3S/c1-15-8-12(19)18(11-6-14-16(2)7-11)10-13(15)4-5-17(9-13)22(3,20)21/h6-7H,4-5,8-10H2,1-3H3/t13-/m0/s1. The van der Waals surface area contributed by atoms with E-state index in [-0.39, 0.29) is 18.0 Å². The Morgan fingerprint density at radius 3 is 2.55 bits per heavy atom. The van der Waals surface area contributed by atoms with Gasteiger partial charge in [0.1, 0.15) is 0 Å². The predicted molar refractivity (Wildman–Crippen MR) is 82.0 cm³/mol. The van der Waals surface area contributed by atoms with Gasteiger partial charge >= 0.3 is 0 Å². The van der Waals surface area contributed by atoms with E-state index in [2.05, 4.69) is 5.10 Å². The first-order valence-corrected chi connectivity index (χ1v) is 9.01. The molecular formula is C13H21N5O3S. The van der Waals surface area contributed by atoms with E-state index in [9.17, 15) is 13.2 Å². The minimum atomic E-state index is -3.21. The number of aromatic nitrogens is 2. The first-order valence-electron chi connectivity index (χ1n) is 7.17. The van der Waals surface area contributed by atoms with Crippen molar-refractivity contribution in [1.29, 1.82) is 0 Å². The highest BCUT2D eigenvalue weighted by Crippen LogP contribution is 2.34. The first-order chi connectivity index (χ1) is 10.2. The van der Waals surface area contributed by atoms with Crippen LogP contribution >= 0.6 is 0 Å². The minimum absolute atomic E-state index is 0.0129. The Labute approximate surface area is 130 Å². The number of carbonyl (C=O) groups is 1. The summed E-state index contributed by atoms with van der Waals surface area (Å²) >= 11 is 0. The van der Waals surface area contributed by atoms with Crippen molar-refractivity contribution in [3.8, 4) is 0 Å². The van der Waals surface area contributed by atoms with Gasteiger partial charge in [0.15, 0.2) is 0 Å². The summed E-state index contributed by atoms with van der Waals surface area (Å²) < 4.78 is 26.8. The Bertz CT molecular complexity index is 700. The molecule has 0 saturated carbocycles. The molecule has 0 radical (unpaired) electrons. The number of anilines is 1. The lowest BCUT2D eigenvalue weighted by Crippen LogP contribution is -2.64. The van der Waals surface area contributed by atoms with Crippen LogP contribution in [0.25, 0.3) is 0 Å². The fraction of sp³-hybridized carbons (Fsp3) is 0.692. The van der Waals surface area contributed by atoms with E-state index < -0.39 is 10.0 Å². The monoisotopic (exact) mass is 327 g/mol. The molecule has 1 aromatic heterocycles. The average molecular weight is 327 g/mol. The zero-order valence-corrected chi connectivity index (χ0v) is 13.9. The van der Waals surface area contributed by atoms with Crippen LogP contribution in [0.15, 0.2) is 12.4 Å². The van der Waals surface area contributed by atoms with E-state index in [1.807, 2.05) is 11.9 Å². The molecule has 0 aromatic carbocycles. The van der Waals surface area contributed by atoms with Crippen molar-refractivity contribution >= 4 is 21.6 Å². The highest BCUT2D eigenvalue weighted by atomic mass is 32.2. The maximum atomic E-state index is 12.3. The number of hydrogen-bond acceptors (Lipinski definition) is 5. The van der Waals surface area contributed by atoms with E-state index in [0.29, 0.717) is 19.6 Å². The maximum Gasteiger partial charge on any atom is 0.241 e. The van der Waals surface area contributed by atoms with Gasteiger partial charge in [0.05, 0.1) is 30.2 Å². The zero-order chi connectivity index (χ0) is 16.1. The molecule has 2 saturated heterocycles. The number of likely N-dealkylation sites (N-methyl/N-ethyl adjacent to an activating group) is 1. The van der Waals surface area contributed by atoms with Crippen LogP contribution in [0.1, 0.15) is 6.42 Å². The van der Waals surface area contributed by atoms with Gasteiger partial charge in [-0.3, -0.25) is 14.4 Å². The average Bonchev–Trinajstić information content (AvgIpc) is 3.01.